The van der Waals surface area contributed by atoms with E-state index in [1.165, 1.54) is 29.8 Å². The third-order valence-corrected chi connectivity index (χ3v) is 4.98. The van der Waals surface area contributed by atoms with Gasteiger partial charge in [0.05, 0.1) is 16.2 Å². The molecule has 23 heavy (non-hydrogen) atoms. The Hall–Kier alpha value is -1.03. The standard InChI is InChI=1S/C18H23Cl2N3/c19-12-10-14(20)17-16(11-12)23-15-7-3-2-6-13(15)18(17)22-9-5-1-4-8-21/h10-11H,1-9,21H2,(H,22,23). The average Bonchev–Trinajstić information content (AvgIpc) is 2.53. The van der Waals surface area contributed by atoms with Crippen molar-refractivity contribution in [1.82, 2.24) is 4.98 Å². The van der Waals surface area contributed by atoms with E-state index in [2.05, 4.69) is 5.32 Å². The highest BCUT2D eigenvalue weighted by molar-refractivity contribution is 6.39. The molecule has 0 saturated heterocycles. The summed E-state index contributed by atoms with van der Waals surface area (Å²) in [4.78, 5) is 4.83. The van der Waals surface area contributed by atoms with Crippen LogP contribution in [0.2, 0.25) is 10.0 Å². The Morgan fingerprint density at radius 1 is 1.09 bits per heavy atom. The van der Waals surface area contributed by atoms with E-state index in [4.69, 9.17) is 33.9 Å². The van der Waals surface area contributed by atoms with Crippen LogP contribution in [0.1, 0.15) is 43.4 Å². The Morgan fingerprint density at radius 3 is 2.74 bits per heavy atom. The fourth-order valence-corrected chi connectivity index (χ4v) is 3.91. The van der Waals surface area contributed by atoms with Crippen molar-refractivity contribution in [3.63, 3.8) is 0 Å². The van der Waals surface area contributed by atoms with Gasteiger partial charge < -0.3 is 11.1 Å². The maximum atomic E-state index is 6.49. The summed E-state index contributed by atoms with van der Waals surface area (Å²) in [5.74, 6) is 0. The van der Waals surface area contributed by atoms with Crippen LogP contribution in [0.4, 0.5) is 5.69 Å². The smallest absolute Gasteiger partial charge is 0.0756 e. The molecule has 1 aromatic carbocycles. The number of aryl methyl sites for hydroxylation is 1. The minimum absolute atomic E-state index is 0.639. The summed E-state index contributed by atoms with van der Waals surface area (Å²) < 4.78 is 0. The molecule has 5 heteroatoms. The van der Waals surface area contributed by atoms with E-state index in [0.717, 1.165) is 56.1 Å². The van der Waals surface area contributed by atoms with E-state index in [9.17, 15) is 0 Å². The number of fused-ring (bicyclic) bond motifs is 2. The maximum Gasteiger partial charge on any atom is 0.0756 e. The summed E-state index contributed by atoms with van der Waals surface area (Å²) in [7, 11) is 0. The second-order valence-corrected chi connectivity index (χ2v) is 7.02. The van der Waals surface area contributed by atoms with Crippen LogP contribution in [0.3, 0.4) is 0 Å². The van der Waals surface area contributed by atoms with Crippen LogP contribution in [0.25, 0.3) is 10.9 Å². The van der Waals surface area contributed by atoms with E-state index in [0.29, 0.717) is 10.0 Å². The van der Waals surface area contributed by atoms with Crippen LogP contribution in [0, 0.1) is 0 Å². The number of nitrogens with two attached hydrogens (primary N) is 1. The number of aromatic nitrogens is 1. The van der Waals surface area contributed by atoms with Crippen molar-refractivity contribution in [3.05, 3.63) is 33.4 Å². The Kier molecular flexibility index (Phi) is 5.62. The Balaban J connectivity index is 1.98. The van der Waals surface area contributed by atoms with Crippen molar-refractivity contribution >= 4 is 39.8 Å². The minimum atomic E-state index is 0.639. The Bertz CT molecular complexity index is 700. The number of anilines is 1. The number of nitrogens with zero attached hydrogens (tertiary/aromatic N) is 1. The number of pyridine rings is 1. The van der Waals surface area contributed by atoms with Gasteiger partial charge in [-0.3, -0.25) is 4.98 Å². The summed E-state index contributed by atoms with van der Waals surface area (Å²) in [6.07, 6.45) is 7.87. The molecule has 1 aromatic heterocycles. The van der Waals surface area contributed by atoms with Crippen LogP contribution >= 0.6 is 23.2 Å². The first-order valence-corrected chi connectivity index (χ1v) is 9.20. The van der Waals surface area contributed by atoms with E-state index in [1.54, 1.807) is 0 Å². The monoisotopic (exact) mass is 351 g/mol. The minimum Gasteiger partial charge on any atom is -0.384 e. The number of benzene rings is 1. The van der Waals surface area contributed by atoms with Gasteiger partial charge in [0.25, 0.3) is 0 Å². The van der Waals surface area contributed by atoms with Gasteiger partial charge in [-0.2, -0.15) is 0 Å². The summed E-state index contributed by atoms with van der Waals surface area (Å²) >= 11 is 12.7. The van der Waals surface area contributed by atoms with Crippen LogP contribution in [0.15, 0.2) is 12.1 Å². The highest BCUT2D eigenvalue weighted by Crippen LogP contribution is 2.38. The second-order valence-electron chi connectivity index (χ2n) is 6.18. The molecule has 0 bridgehead atoms. The molecule has 0 aliphatic heterocycles. The Labute approximate surface area is 147 Å². The number of hydrogen-bond donors (Lipinski definition) is 2. The van der Waals surface area contributed by atoms with Gasteiger partial charge in [-0.05, 0) is 62.8 Å². The predicted octanol–water partition coefficient (Wildman–Crippen LogP) is 4.96. The molecule has 1 aliphatic carbocycles. The van der Waals surface area contributed by atoms with E-state index in [1.807, 2.05) is 12.1 Å². The lowest BCUT2D eigenvalue weighted by atomic mass is 9.92. The van der Waals surface area contributed by atoms with Gasteiger partial charge in [0.1, 0.15) is 0 Å². The largest absolute Gasteiger partial charge is 0.384 e. The van der Waals surface area contributed by atoms with Crippen LogP contribution in [0.5, 0.6) is 0 Å². The fraction of sp³-hybridized carbons (Fsp3) is 0.500. The number of hydrogen-bond acceptors (Lipinski definition) is 3. The molecule has 3 rings (SSSR count). The molecule has 0 saturated carbocycles. The molecule has 1 aliphatic rings. The SMILES string of the molecule is NCCCCCNc1c2c(nc3cc(Cl)cc(Cl)c13)CCCC2. The first kappa shape index (κ1) is 16.8. The van der Waals surface area contributed by atoms with Gasteiger partial charge >= 0.3 is 0 Å². The summed E-state index contributed by atoms with van der Waals surface area (Å²) in [6, 6.07) is 3.72. The van der Waals surface area contributed by atoms with Crippen molar-refractivity contribution in [3.8, 4) is 0 Å². The topological polar surface area (TPSA) is 50.9 Å². The molecule has 0 atom stereocenters. The summed E-state index contributed by atoms with van der Waals surface area (Å²) in [5, 5.41) is 5.95. The van der Waals surface area contributed by atoms with E-state index >= 15 is 0 Å². The normalized spacial score (nSPS) is 14.0. The molecular formula is C18H23Cl2N3. The summed E-state index contributed by atoms with van der Waals surface area (Å²) in [6.45, 7) is 1.70. The molecule has 0 radical (unpaired) electrons. The number of unbranched alkanes of at least 4 members (excludes halogenated alkanes) is 2. The van der Waals surface area contributed by atoms with Gasteiger partial charge in [0.2, 0.25) is 0 Å². The first-order chi connectivity index (χ1) is 11.2. The zero-order valence-corrected chi connectivity index (χ0v) is 14.8. The lowest BCUT2D eigenvalue weighted by Crippen LogP contribution is -2.12. The molecule has 3 N–H and O–H groups in total. The second kappa shape index (κ2) is 7.69. The van der Waals surface area contributed by atoms with Crippen molar-refractivity contribution in [2.75, 3.05) is 18.4 Å². The van der Waals surface area contributed by atoms with E-state index in [-0.39, 0.29) is 0 Å². The molecular weight excluding hydrogens is 329 g/mol. The lowest BCUT2D eigenvalue weighted by molar-refractivity contribution is 0.670. The molecule has 0 spiro atoms. The lowest BCUT2D eigenvalue weighted by Gasteiger charge is -2.22. The molecule has 124 valence electrons. The van der Waals surface area contributed by atoms with Crippen molar-refractivity contribution in [1.29, 1.82) is 0 Å². The van der Waals surface area contributed by atoms with Gasteiger partial charge in [-0.25, -0.2) is 0 Å². The van der Waals surface area contributed by atoms with Crippen LogP contribution in [-0.2, 0) is 12.8 Å². The molecule has 0 fully saturated rings. The predicted molar refractivity (Wildman–Crippen MR) is 99.8 cm³/mol. The molecule has 0 unspecified atom stereocenters. The molecule has 3 nitrogen and oxygen atoms in total. The highest BCUT2D eigenvalue weighted by atomic mass is 35.5. The average molecular weight is 352 g/mol. The summed E-state index contributed by atoms with van der Waals surface area (Å²) in [5.41, 5.74) is 10.2. The van der Waals surface area contributed by atoms with Gasteiger partial charge in [-0.15, -0.1) is 0 Å². The Morgan fingerprint density at radius 2 is 1.91 bits per heavy atom. The molecule has 0 amide bonds. The highest BCUT2D eigenvalue weighted by Gasteiger charge is 2.19. The fourth-order valence-electron chi connectivity index (χ4n) is 3.33. The number of rotatable bonds is 6. The first-order valence-electron chi connectivity index (χ1n) is 8.45. The third-order valence-electron chi connectivity index (χ3n) is 4.46. The zero-order valence-electron chi connectivity index (χ0n) is 13.3. The number of halogens is 2. The zero-order chi connectivity index (χ0) is 16.2. The number of nitrogens with one attached hydrogen (secondary N) is 1. The molecule has 1 heterocycles. The van der Waals surface area contributed by atoms with Crippen molar-refractivity contribution < 1.29 is 0 Å². The quantitative estimate of drug-likeness (QED) is 0.723. The maximum absolute atomic E-state index is 6.49. The van der Waals surface area contributed by atoms with E-state index < -0.39 is 0 Å². The molecule has 2 aromatic rings. The van der Waals surface area contributed by atoms with Gasteiger partial charge in [0, 0.05) is 22.6 Å². The van der Waals surface area contributed by atoms with Crippen LogP contribution < -0.4 is 11.1 Å². The van der Waals surface area contributed by atoms with Crippen molar-refractivity contribution in [2.45, 2.75) is 44.9 Å². The van der Waals surface area contributed by atoms with Gasteiger partial charge in [0.15, 0.2) is 0 Å². The van der Waals surface area contributed by atoms with Crippen LogP contribution in [-0.4, -0.2) is 18.1 Å². The van der Waals surface area contributed by atoms with Gasteiger partial charge in [-0.1, -0.05) is 29.6 Å². The third kappa shape index (κ3) is 3.73. The van der Waals surface area contributed by atoms with Crippen molar-refractivity contribution in [2.24, 2.45) is 5.73 Å².